The molecule has 108 valence electrons. The van der Waals surface area contributed by atoms with E-state index in [1.54, 1.807) is 6.20 Å². The first kappa shape index (κ1) is 14.8. The fourth-order valence-electron chi connectivity index (χ4n) is 2.06. The summed E-state index contributed by atoms with van der Waals surface area (Å²) in [5, 5.41) is 13.7. The van der Waals surface area contributed by atoms with Crippen LogP contribution in [0.15, 0.2) is 36.5 Å². The highest BCUT2D eigenvalue weighted by atomic mass is 16.5. The fourth-order valence-corrected chi connectivity index (χ4v) is 2.06. The van der Waals surface area contributed by atoms with Crippen LogP contribution in [0.2, 0.25) is 0 Å². The number of aromatic nitrogens is 1. The number of pyridine rings is 1. The van der Waals surface area contributed by atoms with Gasteiger partial charge in [0.2, 0.25) is 0 Å². The Kier molecular flexibility index (Phi) is 5.77. The third-order valence-corrected chi connectivity index (χ3v) is 3.22. The molecule has 1 heterocycles. The van der Waals surface area contributed by atoms with Gasteiger partial charge in [-0.3, -0.25) is 4.98 Å². The molecule has 0 bridgehead atoms. The molecule has 0 aliphatic heterocycles. The molecule has 2 N–H and O–H groups in total. The van der Waals surface area contributed by atoms with Gasteiger partial charge in [0.25, 0.3) is 0 Å². The summed E-state index contributed by atoms with van der Waals surface area (Å²) >= 11 is 0. The second-order valence-electron chi connectivity index (χ2n) is 4.83. The third kappa shape index (κ3) is 4.18. The zero-order valence-corrected chi connectivity index (χ0v) is 11.9. The second kappa shape index (κ2) is 7.82. The van der Waals surface area contributed by atoms with E-state index in [-0.39, 0.29) is 12.6 Å². The zero-order valence-electron chi connectivity index (χ0n) is 11.9. The van der Waals surface area contributed by atoms with Crippen LogP contribution in [0.5, 0.6) is 5.75 Å². The molecule has 0 aliphatic rings. The van der Waals surface area contributed by atoms with E-state index >= 15 is 0 Å². The summed E-state index contributed by atoms with van der Waals surface area (Å²) in [4.78, 5) is 4.31. The van der Waals surface area contributed by atoms with Crippen LogP contribution in [-0.4, -0.2) is 35.9 Å². The molecule has 1 unspecified atom stereocenters. The van der Waals surface area contributed by atoms with Crippen molar-refractivity contribution in [1.82, 2.24) is 10.3 Å². The minimum atomic E-state index is 0.105. The maximum atomic E-state index is 9.26. The molecule has 0 radical (unpaired) electrons. The standard InChI is InChI=1S/C16H22N2O2/c1-2-8-17-14(12-19)7-10-20-15-6-5-13-4-3-9-18-16(13)11-15/h3-6,9,11,14,17,19H,2,7-8,10,12H2,1H3. The summed E-state index contributed by atoms with van der Waals surface area (Å²) in [6, 6.07) is 9.97. The van der Waals surface area contributed by atoms with Crippen LogP contribution < -0.4 is 10.1 Å². The predicted molar refractivity (Wildman–Crippen MR) is 81.0 cm³/mol. The Hall–Kier alpha value is -1.65. The summed E-state index contributed by atoms with van der Waals surface area (Å²) < 4.78 is 5.74. The van der Waals surface area contributed by atoms with E-state index in [0.29, 0.717) is 6.61 Å². The topological polar surface area (TPSA) is 54.4 Å². The molecule has 0 amide bonds. The maximum absolute atomic E-state index is 9.26. The molecule has 0 fully saturated rings. The Balaban J connectivity index is 1.85. The van der Waals surface area contributed by atoms with E-state index in [2.05, 4.69) is 17.2 Å². The van der Waals surface area contributed by atoms with Gasteiger partial charge in [0.1, 0.15) is 5.75 Å². The van der Waals surface area contributed by atoms with Crippen LogP contribution in [0.25, 0.3) is 10.9 Å². The van der Waals surface area contributed by atoms with Crippen LogP contribution in [0.3, 0.4) is 0 Å². The average molecular weight is 274 g/mol. The summed E-state index contributed by atoms with van der Waals surface area (Å²) in [6.45, 7) is 3.76. The maximum Gasteiger partial charge on any atom is 0.121 e. The van der Waals surface area contributed by atoms with Crippen LogP contribution in [0, 0.1) is 0 Å². The van der Waals surface area contributed by atoms with E-state index in [9.17, 15) is 5.11 Å². The van der Waals surface area contributed by atoms with E-state index in [0.717, 1.165) is 36.0 Å². The lowest BCUT2D eigenvalue weighted by molar-refractivity contribution is 0.209. The summed E-state index contributed by atoms with van der Waals surface area (Å²) in [5.74, 6) is 0.823. The van der Waals surface area contributed by atoms with Gasteiger partial charge >= 0.3 is 0 Å². The number of fused-ring (bicyclic) bond motifs is 1. The van der Waals surface area contributed by atoms with Crippen molar-refractivity contribution in [2.75, 3.05) is 19.8 Å². The highest BCUT2D eigenvalue weighted by molar-refractivity contribution is 5.79. The number of nitrogens with one attached hydrogen (secondary N) is 1. The third-order valence-electron chi connectivity index (χ3n) is 3.22. The molecule has 2 rings (SSSR count). The molecule has 0 saturated heterocycles. The van der Waals surface area contributed by atoms with Gasteiger partial charge in [0.15, 0.2) is 0 Å². The number of hydrogen-bond acceptors (Lipinski definition) is 4. The van der Waals surface area contributed by atoms with E-state index in [1.165, 1.54) is 0 Å². The Bertz CT molecular complexity index is 531. The number of aliphatic hydroxyl groups excluding tert-OH is 1. The monoisotopic (exact) mass is 274 g/mol. The van der Waals surface area contributed by atoms with Crippen molar-refractivity contribution in [3.63, 3.8) is 0 Å². The van der Waals surface area contributed by atoms with Crippen molar-refractivity contribution in [3.05, 3.63) is 36.5 Å². The van der Waals surface area contributed by atoms with E-state index in [4.69, 9.17) is 4.74 Å². The first-order valence-corrected chi connectivity index (χ1v) is 7.15. The van der Waals surface area contributed by atoms with Gasteiger partial charge in [0.05, 0.1) is 18.7 Å². The van der Waals surface area contributed by atoms with Gasteiger partial charge < -0.3 is 15.2 Å². The highest BCUT2D eigenvalue weighted by Crippen LogP contribution is 2.18. The molecule has 2 aromatic rings. The van der Waals surface area contributed by atoms with Crippen molar-refractivity contribution >= 4 is 10.9 Å². The largest absolute Gasteiger partial charge is 0.493 e. The van der Waals surface area contributed by atoms with Crippen LogP contribution >= 0.6 is 0 Å². The van der Waals surface area contributed by atoms with E-state index in [1.807, 2.05) is 30.3 Å². The SMILES string of the molecule is CCCNC(CO)CCOc1ccc2cccnc2c1. The number of rotatable bonds is 8. The van der Waals surface area contributed by atoms with E-state index < -0.39 is 0 Å². The number of nitrogens with zero attached hydrogens (tertiary/aromatic N) is 1. The van der Waals surface area contributed by atoms with Crippen molar-refractivity contribution in [3.8, 4) is 5.75 Å². The smallest absolute Gasteiger partial charge is 0.121 e. The predicted octanol–water partition coefficient (Wildman–Crippen LogP) is 2.36. The molecule has 0 aliphatic carbocycles. The molecule has 0 saturated carbocycles. The first-order chi connectivity index (χ1) is 9.83. The lowest BCUT2D eigenvalue weighted by atomic mass is 10.2. The normalized spacial score (nSPS) is 12.5. The van der Waals surface area contributed by atoms with Gasteiger partial charge in [-0.05, 0) is 37.6 Å². The fraction of sp³-hybridized carbons (Fsp3) is 0.438. The van der Waals surface area contributed by atoms with Crippen LogP contribution in [-0.2, 0) is 0 Å². The molecule has 0 spiro atoms. The number of benzene rings is 1. The average Bonchev–Trinajstić information content (AvgIpc) is 2.50. The first-order valence-electron chi connectivity index (χ1n) is 7.15. The second-order valence-corrected chi connectivity index (χ2v) is 4.83. The number of aliphatic hydroxyl groups is 1. The van der Waals surface area contributed by atoms with Gasteiger partial charge in [-0.1, -0.05) is 13.0 Å². The van der Waals surface area contributed by atoms with Crippen molar-refractivity contribution in [2.24, 2.45) is 0 Å². The Morgan fingerprint density at radius 2 is 2.25 bits per heavy atom. The summed E-state index contributed by atoms with van der Waals surface area (Å²) in [5.41, 5.74) is 0.938. The Morgan fingerprint density at radius 1 is 1.35 bits per heavy atom. The van der Waals surface area contributed by atoms with Gasteiger partial charge in [-0.2, -0.15) is 0 Å². The minimum Gasteiger partial charge on any atom is -0.493 e. The molecule has 20 heavy (non-hydrogen) atoms. The number of hydrogen-bond donors (Lipinski definition) is 2. The lowest BCUT2D eigenvalue weighted by Gasteiger charge is -2.16. The van der Waals surface area contributed by atoms with Gasteiger partial charge in [0, 0.05) is 23.7 Å². The molecule has 4 nitrogen and oxygen atoms in total. The molecule has 1 aromatic heterocycles. The molecule has 1 atom stereocenters. The minimum absolute atomic E-state index is 0.105. The zero-order chi connectivity index (χ0) is 14.2. The highest BCUT2D eigenvalue weighted by Gasteiger charge is 2.06. The lowest BCUT2D eigenvalue weighted by Crippen LogP contribution is -2.34. The quantitative estimate of drug-likeness (QED) is 0.776. The molecule has 4 heteroatoms. The summed E-state index contributed by atoms with van der Waals surface area (Å²) in [7, 11) is 0. The molecular weight excluding hydrogens is 252 g/mol. The van der Waals surface area contributed by atoms with Gasteiger partial charge in [-0.25, -0.2) is 0 Å². The van der Waals surface area contributed by atoms with Crippen molar-refractivity contribution in [1.29, 1.82) is 0 Å². The number of ether oxygens (including phenoxy) is 1. The van der Waals surface area contributed by atoms with Crippen molar-refractivity contribution in [2.45, 2.75) is 25.8 Å². The van der Waals surface area contributed by atoms with Crippen molar-refractivity contribution < 1.29 is 9.84 Å². The summed E-state index contributed by atoms with van der Waals surface area (Å²) in [6.07, 6.45) is 3.63. The van der Waals surface area contributed by atoms with Gasteiger partial charge in [-0.15, -0.1) is 0 Å². The molecule has 1 aromatic carbocycles. The molecular formula is C16H22N2O2. The van der Waals surface area contributed by atoms with Crippen LogP contribution in [0.1, 0.15) is 19.8 Å². The Labute approximate surface area is 119 Å². The van der Waals surface area contributed by atoms with Crippen LogP contribution in [0.4, 0.5) is 0 Å². The Morgan fingerprint density at radius 3 is 3.05 bits per heavy atom.